The zero-order valence-corrected chi connectivity index (χ0v) is 14.5. The molecule has 0 amide bonds. The van der Waals surface area contributed by atoms with E-state index in [9.17, 15) is 13.2 Å². The molecule has 0 saturated heterocycles. The fourth-order valence-corrected chi connectivity index (χ4v) is 4.26. The monoisotopic (exact) mass is 362 g/mol. The van der Waals surface area contributed by atoms with Gasteiger partial charge in [-0.15, -0.1) is 0 Å². The van der Waals surface area contributed by atoms with Gasteiger partial charge in [0.15, 0.2) is 0 Å². The van der Waals surface area contributed by atoms with E-state index in [0.717, 1.165) is 30.0 Å². The average Bonchev–Trinajstić information content (AvgIpc) is 3.24. The molecule has 1 aromatic carbocycles. The number of aromatic nitrogens is 2. The number of anilines is 2. The quantitative estimate of drug-likeness (QED) is 0.820. The van der Waals surface area contributed by atoms with E-state index in [0.29, 0.717) is 29.3 Å². The number of hydrogen-bond acceptors (Lipinski definition) is 4. The van der Waals surface area contributed by atoms with Crippen molar-refractivity contribution >= 4 is 11.8 Å². The van der Waals surface area contributed by atoms with Crippen LogP contribution in [0.25, 0.3) is 11.1 Å². The van der Waals surface area contributed by atoms with Crippen molar-refractivity contribution in [1.82, 2.24) is 9.97 Å². The molecule has 3 atom stereocenters. The molecule has 2 aliphatic carbocycles. The van der Waals surface area contributed by atoms with Crippen LogP contribution in [0.3, 0.4) is 0 Å². The minimum absolute atomic E-state index is 0.376. The highest BCUT2D eigenvalue weighted by Gasteiger charge is 2.39. The van der Waals surface area contributed by atoms with Crippen LogP contribution in [0, 0.1) is 11.8 Å². The predicted molar refractivity (Wildman–Crippen MR) is 94.9 cm³/mol. The van der Waals surface area contributed by atoms with Gasteiger partial charge in [0.25, 0.3) is 0 Å². The van der Waals surface area contributed by atoms with Gasteiger partial charge in [-0.25, -0.2) is 4.98 Å². The molecule has 2 fully saturated rings. The Labute approximate surface area is 150 Å². The van der Waals surface area contributed by atoms with Crippen molar-refractivity contribution in [3.05, 3.63) is 36.0 Å². The van der Waals surface area contributed by atoms with Crippen LogP contribution in [0.1, 0.15) is 31.2 Å². The first-order valence-corrected chi connectivity index (χ1v) is 8.93. The lowest BCUT2D eigenvalue weighted by molar-refractivity contribution is -0.137. The second kappa shape index (κ2) is 6.45. The number of fused-ring (bicyclic) bond motifs is 2. The highest BCUT2D eigenvalue weighted by Crippen LogP contribution is 2.46. The smallest absolute Gasteiger partial charge is 0.366 e. The van der Waals surface area contributed by atoms with Gasteiger partial charge in [-0.05, 0) is 48.8 Å². The molecule has 1 heterocycles. The van der Waals surface area contributed by atoms with Crippen LogP contribution in [-0.4, -0.2) is 23.1 Å². The molecule has 2 aromatic rings. The van der Waals surface area contributed by atoms with E-state index in [1.165, 1.54) is 31.4 Å². The topological polar surface area (TPSA) is 49.8 Å². The summed E-state index contributed by atoms with van der Waals surface area (Å²) in [6.07, 6.45) is 2.27. The van der Waals surface area contributed by atoms with E-state index >= 15 is 0 Å². The summed E-state index contributed by atoms with van der Waals surface area (Å²) in [5.74, 6) is 2.62. The highest BCUT2D eigenvalue weighted by atomic mass is 19.4. The van der Waals surface area contributed by atoms with Gasteiger partial charge in [-0.3, -0.25) is 0 Å². The van der Waals surface area contributed by atoms with Crippen LogP contribution >= 0.6 is 0 Å². The third kappa shape index (κ3) is 3.22. The molecular formula is C19H21F3N4. The third-order valence-corrected chi connectivity index (χ3v) is 5.60. The maximum atomic E-state index is 12.8. The summed E-state index contributed by atoms with van der Waals surface area (Å²) < 4.78 is 38.4. The Balaban J connectivity index is 1.65. The van der Waals surface area contributed by atoms with Gasteiger partial charge in [0.2, 0.25) is 5.95 Å². The van der Waals surface area contributed by atoms with E-state index in [4.69, 9.17) is 0 Å². The molecule has 26 heavy (non-hydrogen) atoms. The van der Waals surface area contributed by atoms with Gasteiger partial charge >= 0.3 is 6.18 Å². The number of alkyl halides is 3. The average molecular weight is 362 g/mol. The van der Waals surface area contributed by atoms with Crippen molar-refractivity contribution < 1.29 is 13.2 Å². The van der Waals surface area contributed by atoms with Gasteiger partial charge in [0, 0.05) is 24.8 Å². The molecule has 2 bridgehead atoms. The summed E-state index contributed by atoms with van der Waals surface area (Å²) in [6, 6.07) is 5.53. The minimum atomic E-state index is -4.34. The van der Waals surface area contributed by atoms with Crippen LogP contribution in [-0.2, 0) is 6.18 Å². The van der Waals surface area contributed by atoms with Crippen LogP contribution in [0.5, 0.6) is 0 Å². The number of benzene rings is 1. The van der Waals surface area contributed by atoms with Gasteiger partial charge < -0.3 is 10.6 Å². The van der Waals surface area contributed by atoms with Crippen LogP contribution in [0.15, 0.2) is 30.5 Å². The maximum absolute atomic E-state index is 12.8. The van der Waals surface area contributed by atoms with E-state index in [1.807, 2.05) is 0 Å². The van der Waals surface area contributed by atoms with Crippen LogP contribution in [0.2, 0.25) is 0 Å². The van der Waals surface area contributed by atoms with E-state index in [-0.39, 0.29) is 0 Å². The molecule has 0 radical (unpaired) electrons. The number of rotatable bonds is 4. The van der Waals surface area contributed by atoms with Gasteiger partial charge in [-0.2, -0.15) is 18.2 Å². The van der Waals surface area contributed by atoms with Crippen molar-refractivity contribution in [2.45, 2.75) is 37.9 Å². The molecule has 2 saturated carbocycles. The molecule has 1 aromatic heterocycles. The highest BCUT2D eigenvalue weighted by molar-refractivity contribution is 5.75. The van der Waals surface area contributed by atoms with E-state index in [1.54, 1.807) is 13.2 Å². The summed E-state index contributed by atoms with van der Waals surface area (Å²) in [5.41, 5.74) is 0.739. The number of hydrogen-bond donors (Lipinski definition) is 2. The number of nitrogens with zero attached hydrogens (tertiary/aromatic N) is 2. The van der Waals surface area contributed by atoms with Gasteiger partial charge in [0.05, 0.1) is 5.56 Å². The maximum Gasteiger partial charge on any atom is 0.416 e. The molecular weight excluding hydrogens is 341 g/mol. The van der Waals surface area contributed by atoms with Gasteiger partial charge in [0.1, 0.15) is 5.82 Å². The molecule has 4 rings (SSSR count). The Bertz CT molecular complexity index is 788. The number of halogens is 3. The lowest BCUT2D eigenvalue weighted by atomic mass is 9.95. The Morgan fingerprint density at radius 3 is 2.42 bits per heavy atom. The Hall–Kier alpha value is -2.31. The second-order valence-electron chi connectivity index (χ2n) is 7.21. The largest absolute Gasteiger partial charge is 0.416 e. The molecule has 138 valence electrons. The standard InChI is InChI=1S/C19H21F3N4/c1-23-18-24-10-15(12-4-6-14(7-5-12)19(20,21)22)17(26-18)25-16-9-11-2-3-13(16)8-11/h4-7,10-11,13,16H,2-3,8-9H2,1H3,(H2,23,24,25,26)/t11-,13+,16-/m1/s1. The van der Waals surface area contributed by atoms with Crippen molar-refractivity contribution in [3.63, 3.8) is 0 Å². The Morgan fingerprint density at radius 1 is 1.08 bits per heavy atom. The summed E-state index contributed by atoms with van der Waals surface area (Å²) >= 11 is 0. The zero-order chi connectivity index (χ0) is 18.3. The minimum Gasteiger partial charge on any atom is -0.366 e. The molecule has 4 nitrogen and oxygen atoms in total. The van der Waals surface area contributed by atoms with Crippen molar-refractivity contribution in [2.24, 2.45) is 11.8 Å². The van der Waals surface area contributed by atoms with E-state index < -0.39 is 11.7 Å². The molecule has 0 aliphatic heterocycles. The third-order valence-electron chi connectivity index (χ3n) is 5.60. The molecule has 7 heteroatoms. The van der Waals surface area contributed by atoms with Crippen molar-refractivity contribution in [1.29, 1.82) is 0 Å². The lowest BCUT2D eigenvalue weighted by Gasteiger charge is -2.25. The zero-order valence-electron chi connectivity index (χ0n) is 14.5. The van der Waals surface area contributed by atoms with Gasteiger partial charge in [-0.1, -0.05) is 18.6 Å². The summed E-state index contributed by atoms with van der Waals surface area (Å²) in [7, 11) is 1.74. The molecule has 0 unspecified atom stereocenters. The van der Waals surface area contributed by atoms with Crippen LogP contribution in [0.4, 0.5) is 24.9 Å². The Kier molecular flexibility index (Phi) is 4.25. The fraction of sp³-hybridized carbons (Fsp3) is 0.474. The first-order valence-electron chi connectivity index (χ1n) is 8.93. The normalized spacial score (nSPS) is 24.7. The summed E-state index contributed by atoms with van der Waals surface area (Å²) in [4.78, 5) is 8.77. The predicted octanol–water partition coefficient (Wildman–Crippen LogP) is 4.80. The molecule has 0 spiro atoms. The SMILES string of the molecule is CNc1ncc(-c2ccc(C(F)(F)F)cc2)c(N[C@@H]2C[C@@H]3CC[C@H]2C3)n1. The van der Waals surface area contributed by atoms with Crippen molar-refractivity contribution in [2.75, 3.05) is 17.7 Å². The second-order valence-corrected chi connectivity index (χ2v) is 7.21. The van der Waals surface area contributed by atoms with Crippen molar-refractivity contribution in [3.8, 4) is 11.1 Å². The Morgan fingerprint density at radius 2 is 1.85 bits per heavy atom. The fourth-order valence-electron chi connectivity index (χ4n) is 4.26. The first kappa shape index (κ1) is 17.1. The summed E-state index contributed by atoms with van der Waals surface area (Å²) in [6.45, 7) is 0. The summed E-state index contributed by atoms with van der Waals surface area (Å²) in [5, 5.41) is 6.47. The van der Waals surface area contributed by atoms with Crippen LogP contribution < -0.4 is 10.6 Å². The van der Waals surface area contributed by atoms with E-state index in [2.05, 4.69) is 20.6 Å². The lowest BCUT2D eigenvalue weighted by Crippen LogP contribution is -2.26. The molecule has 2 aliphatic rings. The number of nitrogens with one attached hydrogen (secondary N) is 2. The first-order chi connectivity index (χ1) is 12.4. The molecule has 2 N–H and O–H groups in total.